The molecule has 0 spiro atoms. The Bertz CT molecular complexity index is 1210. The number of furan rings is 1. The molecule has 2 heterocycles. The third kappa shape index (κ3) is 3.32. The van der Waals surface area contributed by atoms with Gasteiger partial charge in [-0.1, -0.05) is 48.5 Å². The number of nitrogens with zero attached hydrogens (tertiary/aromatic N) is 1. The first kappa shape index (κ1) is 19.2. The summed E-state index contributed by atoms with van der Waals surface area (Å²) in [6, 6.07) is 23.3. The lowest BCUT2D eigenvalue weighted by molar-refractivity contribution is 0.0664. The monoisotopic (exact) mass is 413 g/mol. The molecule has 0 saturated carbocycles. The number of hydrogen-bond donors (Lipinski definition) is 0. The number of hydrogen-bond acceptors (Lipinski definition) is 4. The van der Waals surface area contributed by atoms with E-state index in [0.29, 0.717) is 29.4 Å². The van der Waals surface area contributed by atoms with Crippen LogP contribution in [0.4, 0.5) is 0 Å². The zero-order valence-corrected chi connectivity index (χ0v) is 17.5. The molecule has 1 aliphatic rings. The zero-order chi connectivity index (χ0) is 21.4. The molecule has 1 aromatic heterocycles. The minimum absolute atomic E-state index is 0.120. The molecule has 0 bridgehead atoms. The van der Waals surface area contributed by atoms with Gasteiger partial charge in [-0.15, -0.1) is 0 Å². The fourth-order valence-electron chi connectivity index (χ4n) is 4.39. The summed E-state index contributed by atoms with van der Waals surface area (Å²) < 4.78 is 17.0. The Hall–Kier alpha value is -3.73. The number of amides is 1. The van der Waals surface area contributed by atoms with E-state index in [0.717, 1.165) is 28.5 Å². The van der Waals surface area contributed by atoms with Crippen molar-refractivity contribution < 1.29 is 18.7 Å². The van der Waals surface area contributed by atoms with Crippen molar-refractivity contribution in [2.24, 2.45) is 0 Å². The topological polar surface area (TPSA) is 51.9 Å². The average molecular weight is 413 g/mol. The van der Waals surface area contributed by atoms with Gasteiger partial charge in [0.25, 0.3) is 5.91 Å². The van der Waals surface area contributed by atoms with Gasteiger partial charge < -0.3 is 18.8 Å². The van der Waals surface area contributed by atoms with Crippen LogP contribution in [0.2, 0.25) is 0 Å². The van der Waals surface area contributed by atoms with Crippen LogP contribution in [0.15, 0.2) is 77.2 Å². The quantitative estimate of drug-likeness (QED) is 0.459. The van der Waals surface area contributed by atoms with Crippen molar-refractivity contribution in [2.45, 2.75) is 12.5 Å². The highest BCUT2D eigenvalue weighted by molar-refractivity contribution is 5.96. The van der Waals surface area contributed by atoms with Gasteiger partial charge in [0, 0.05) is 11.9 Å². The smallest absolute Gasteiger partial charge is 0.290 e. The van der Waals surface area contributed by atoms with E-state index in [1.807, 2.05) is 65.6 Å². The first-order chi connectivity index (χ1) is 15.2. The number of carbonyl (C=O) groups excluding carboxylic acids is 1. The van der Waals surface area contributed by atoms with Crippen molar-refractivity contribution >= 4 is 16.9 Å². The highest BCUT2D eigenvalue weighted by Gasteiger charge is 2.35. The van der Waals surface area contributed by atoms with Crippen LogP contribution in [0.1, 0.15) is 33.3 Å². The lowest BCUT2D eigenvalue weighted by atomic mass is 9.87. The number of ether oxygens (including phenoxy) is 2. The molecule has 3 aromatic carbocycles. The normalized spacial score (nSPS) is 15.5. The van der Waals surface area contributed by atoms with Gasteiger partial charge in [-0.25, -0.2) is 0 Å². The molecule has 156 valence electrons. The van der Waals surface area contributed by atoms with Crippen molar-refractivity contribution in [3.05, 3.63) is 95.2 Å². The largest absolute Gasteiger partial charge is 0.493 e. The molecule has 4 aromatic rings. The van der Waals surface area contributed by atoms with E-state index >= 15 is 0 Å². The lowest BCUT2D eigenvalue weighted by Gasteiger charge is -2.37. The molecule has 1 amide bonds. The summed E-state index contributed by atoms with van der Waals surface area (Å²) in [5, 5.41) is 0.922. The molecule has 0 aliphatic carbocycles. The second-order valence-corrected chi connectivity index (χ2v) is 7.62. The maximum Gasteiger partial charge on any atom is 0.290 e. The van der Waals surface area contributed by atoms with Crippen LogP contribution in [-0.2, 0) is 6.42 Å². The molecule has 31 heavy (non-hydrogen) atoms. The Morgan fingerprint density at radius 1 is 0.935 bits per heavy atom. The van der Waals surface area contributed by atoms with E-state index in [4.69, 9.17) is 13.9 Å². The Kier molecular flexibility index (Phi) is 4.86. The third-order valence-electron chi connectivity index (χ3n) is 5.89. The highest BCUT2D eigenvalue weighted by atomic mass is 16.5. The number of para-hydroxylation sites is 1. The summed E-state index contributed by atoms with van der Waals surface area (Å²) in [5.74, 6) is 1.59. The molecule has 0 saturated heterocycles. The van der Waals surface area contributed by atoms with E-state index in [1.165, 1.54) is 0 Å². The zero-order valence-electron chi connectivity index (χ0n) is 17.5. The van der Waals surface area contributed by atoms with Gasteiger partial charge in [-0.05, 0) is 47.4 Å². The molecule has 1 aliphatic heterocycles. The minimum Gasteiger partial charge on any atom is -0.493 e. The van der Waals surface area contributed by atoms with E-state index in [1.54, 1.807) is 14.2 Å². The predicted octanol–water partition coefficient (Wildman–Crippen LogP) is 5.24. The number of benzene rings is 3. The maximum atomic E-state index is 13.6. The van der Waals surface area contributed by atoms with Crippen LogP contribution in [-0.4, -0.2) is 31.6 Å². The van der Waals surface area contributed by atoms with Gasteiger partial charge in [-0.2, -0.15) is 0 Å². The highest BCUT2D eigenvalue weighted by Crippen LogP contribution is 2.41. The second-order valence-electron chi connectivity index (χ2n) is 7.62. The lowest BCUT2D eigenvalue weighted by Crippen LogP contribution is -2.40. The van der Waals surface area contributed by atoms with Crippen LogP contribution >= 0.6 is 0 Å². The molecule has 5 rings (SSSR count). The Morgan fingerprint density at radius 2 is 1.65 bits per heavy atom. The van der Waals surface area contributed by atoms with E-state index in [2.05, 4.69) is 12.1 Å². The van der Waals surface area contributed by atoms with Crippen LogP contribution in [0.25, 0.3) is 11.0 Å². The molecule has 5 heteroatoms. The van der Waals surface area contributed by atoms with Crippen LogP contribution in [0.3, 0.4) is 0 Å². The molecular formula is C26H23NO4. The summed E-state index contributed by atoms with van der Waals surface area (Å²) in [6.07, 6.45) is 0.727. The molecule has 1 atom stereocenters. The Morgan fingerprint density at radius 3 is 2.39 bits per heavy atom. The summed E-state index contributed by atoms with van der Waals surface area (Å²) in [5.41, 5.74) is 3.95. The first-order valence-electron chi connectivity index (χ1n) is 10.3. The van der Waals surface area contributed by atoms with Crippen molar-refractivity contribution in [2.75, 3.05) is 20.8 Å². The van der Waals surface area contributed by atoms with Crippen molar-refractivity contribution in [1.29, 1.82) is 0 Å². The van der Waals surface area contributed by atoms with Gasteiger partial charge in [0.15, 0.2) is 17.3 Å². The third-order valence-corrected chi connectivity index (χ3v) is 5.89. The van der Waals surface area contributed by atoms with E-state index < -0.39 is 0 Å². The van der Waals surface area contributed by atoms with Crippen molar-refractivity contribution in [1.82, 2.24) is 4.90 Å². The summed E-state index contributed by atoms with van der Waals surface area (Å²) in [4.78, 5) is 15.5. The first-order valence-corrected chi connectivity index (χ1v) is 10.3. The summed E-state index contributed by atoms with van der Waals surface area (Å²) in [6.45, 7) is 0.581. The van der Waals surface area contributed by atoms with E-state index in [9.17, 15) is 4.79 Å². The van der Waals surface area contributed by atoms with Gasteiger partial charge in [-0.3, -0.25) is 4.79 Å². The number of fused-ring (bicyclic) bond motifs is 2. The average Bonchev–Trinajstić information content (AvgIpc) is 3.26. The SMILES string of the molecule is COc1cc2c(cc1OC)[C@H](c1ccccc1)N(C(=O)c1cc3ccccc3o1)CC2. The van der Waals surface area contributed by atoms with Gasteiger partial charge in [0.1, 0.15) is 5.58 Å². The Balaban J connectivity index is 1.62. The van der Waals surface area contributed by atoms with Crippen LogP contribution < -0.4 is 9.47 Å². The molecule has 0 unspecified atom stereocenters. The van der Waals surface area contributed by atoms with Gasteiger partial charge in [0.05, 0.1) is 20.3 Å². The number of rotatable bonds is 4. The van der Waals surface area contributed by atoms with E-state index in [-0.39, 0.29) is 11.9 Å². The predicted molar refractivity (Wildman–Crippen MR) is 119 cm³/mol. The van der Waals surface area contributed by atoms with Crippen molar-refractivity contribution in [3.8, 4) is 11.5 Å². The second kappa shape index (κ2) is 7.84. The molecule has 0 N–H and O–H groups in total. The van der Waals surface area contributed by atoms with Crippen LogP contribution in [0, 0.1) is 0 Å². The number of methoxy groups -OCH3 is 2. The van der Waals surface area contributed by atoms with Crippen LogP contribution in [0.5, 0.6) is 11.5 Å². The van der Waals surface area contributed by atoms with Gasteiger partial charge in [0.2, 0.25) is 0 Å². The number of carbonyl (C=O) groups is 1. The van der Waals surface area contributed by atoms with Crippen molar-refractivity contribution in [3.63, 3.8) is 0 Å². The summed E-state index contributed by atoms with van der Waals surface area (Å²) >= 11 is 0. The Labute approximate surface area is 180 Å². The minimum atomic E-state index is -0.245. The molecule has 5 nitrogen and oxygen atoms in total. The molecular weight excluding hydrogens is 390 g/mol. The maximum absolute atomic E-state index is 13.6. The molecule has 0 fully saturated rings. The standard InChI is InChI=1S/C26H23NO4/c1-29-22-14-18-12-13-27(26(28)24-15-19-10-6-7-11-21(19)31-24)25(17-8-4-3-5-9-17)20(18)16-23(22)30-2/h3-11,14-16,25H,12-13H2,1-2H3/t25-/m0/s1. The van der Waals surface area contributed by atoms with Gasteiger partial charge >= 0.3 is 0 Å². The fraction of sp³-hybridized carbons (Fsp3) is 0.192. The summed E-state index contributed by atoms with van der Waals surface area (Å²) in [7, 11) is 3.26. The fourth-order valence-corrected chi connectivity index (χ4v) is 4.39. The molecule has 0 radical (unpaired) electrons.